The van der Waals surface area contributed by atoms with Crippen LogP contribution in [0, 0.1) is 13.8 Å². The molecule has 1 aliphatic heterocycles. The SMILES string of the molecule is Cc1ccc(C2C3=C(CCC3=O)Oc3ccc4ccccc4c32)cc1C. The van der Waals surface area contributed by atoms with Crippen molar-refractivity contribution < 1.29 is 9.53 Å². The van der Waals surface area contributed by atoms with E-state index in [0.717, 1.165) is 22.6 Å². The Morgan fingerprint density at radius 1 is 0.923 bits per heavy atom. The summed E-state index contributed by atoms with van der Waals surface area (Å²) >= 11 is 0. The van der Waals surface area contributed by atoms with Crippen LogP contribution in [-0.2, 0) is 4.79 Å². The highest BCUT2D eigenvalue weighted by Gasteiger charge is 2.39. The summed E-state index contributed by atoms with van der Waals surface area (Å²) in [4.78, 5) is 12.8. The van der Waals surface area contributed by atoms with E-state index in [4.69, 9.17) is 4.74 Å². The van der Waals surface area contributed by atoms with E-state index >= 15 is 0 Å². The maximum Gasteiger partial charge on any atom is 0.163 e. The number of ether oxygens (including phenoxy) is 1. The summed E-state index contributed by atoms with van der Waals surface area (Å²) in [5, 5.41) is 2.35. The van der Waals surface area contributed by atoms with Gasteiger partial charge in [0.25, 0.3) is 0 Å². The van der Waals surface area contributed by atoms with Crippen molar-refractivity contribution in [1.82, 2.24) is 0 Å². The lowest BCUT2D eigenvalue weighted by Gasteiger charge is -2.29. The fourth-order valence-electron chi connectivity index (χ4n) is 4.30. The fourth-order valence-corrected chi connectivity index (χ4v) is 4.30. The van der Waals surface area contributed by atoms with Crippen molar-refractivity contribution in [1.29, 1.82) is 0 Å². The van der Waals surface area contributed by atoms with Crippen LogP contribution in [0.15, 0.2) is 65.9 Å². The molecule has 5 rings (SSSR count). The normalized spacial score (nSPS) is 18.7. The highest BCUT2D eigenvalue weighted by atomic mass is 16.5. The summed E-state index contributed by atoms with van der Waals surface area (Å²) in [6.07, 6.45) is 1.26. The molecule has 3 aromatic rings. The van der Waals surface area contributed by atoms with Gasteiger partial charge in [-0.3, -0.25) is 4.79 Å². The number of fused-ring (bicyclic) bond motifs is 3. The van der Waals surface area contributed by atoms with E-state index in [1.165, 1.54) is 27.5 Å². The zero-order chi connectivity index (χ0) is 17.8. The number of hydrogen-bond acceptors (Lipinski definition) is 2. The maximum atomic E-state index is 12.8. The van der Waals surface area contributed by atoms with Crippen molar-refractivity contribution in [2.24, 2.45) is 0 Å². The Hall–Kier alpha value is -2.87. The second-order valence-electron chi connectivity index (χ2n) is 7.34. The number of rotatable bonds is 1. The van der Waals surface area contributed by atoms with Crippen LogP contribution in [0.4, 0.5) is 0 Å². The number of carbonyl (C=O) groups is 1. The van der Waals surface area contributed by atoms with Crippen LogP contribution in [0.25, 0.3) is 10.8 Å². The molecule has 1 heterocycles. The summed E-state index contributed by atoms with van der Waals surface area (Å²) in [5.41, 5.74) is 5.68. The van der Waals surface area contributed by atoms with Gasteiger partial charge in [0.15, 0.2) is 5.78 Å². The summed E-state index contributed by atoms with van der Waals surface area (Å²) in [6.45, 7) is 4.26. The van der Waals surface area contributed by atoms with E-state index in [2.05, 4.69) is 68.4 Å². The molecule has 26 heavy (non-hydrogen) atoms. The molecule has 0 saturated carbocycles. The zero-order valence-electron chi connectivity index (χ0n) is 15.0. The molecule has 3 aromatic carbocycles. The Morgan fingerprint density at radius 2 is 1.77 bits per heavy atom. The zero-order valence-corrected chi connectivity index (χ0v) is 15.0. The van der Waals surface area contributed by atoms with Crippen molar-refractivity contribution >= 4 is 16.6 Å². The summed E-state index contributed by atoms with van der Waals surface area (Å²) in [5.74, 6) is 1.93. The number of allylic oxidation sites excluding steroid dienone is 2. The lowest BCUT2D eigenvalue weighted by atomic mass is 9.79. The Balaban J connectivity index is 1.84. The van der Waals surface area contributed by atoms with Gasteiger partial charge in [-0.2, -0.15) is 0 Å². The topological polar surface area (TPSA) is 26.3 Å². The first kappa shape index (κ1) is 15.4. The van der Waals surface area contributed by atoms with Crippen molar-refractivity contribution in [3.63, 3.8) is 0 Å². The van der Waals surface area contributed by atoms with Gasteiger partial charge in [0, 0.05) is 29.9 Å². The molecular weight excluding hydrogens is 320 g/mol. The first-order valence-electron chi connectivity index (χ1n) is 9.16. The van der Waals surface area contributed by atoms with Gasteiger partial charge >= 0.3 is 0 Å². The second-order valence-corrected chi connectivity index (χ2v) is 7.34. The summed E-state index contributed by atoms with van der Waals surface area (Å²) < 4.78 is 6.20. The van der Waals surface area contributed by atoms with Gasteiger partial charge < -0.3 is 4.74 Å². The van der Waals surface area contributed by atoms with E-state index in [-0.39, 0.29) is 11.7 Å². The lowest BCUT2D eigenvalue weighted by Crippen LogP contribution is -2.18. The Bertz CT molecular complexity index is 1100. The Labute approximate surface area is 153 Å². The largest absolute Gasteiger partial charge is 0.461 e. The number of carbonyl (C=O) groups excluding carboxylic acids is 1. The van der Waals surface area contributed by atoms with E-state index in [0.29, 0.717) is 12.8 Å². The summed E-state index contributed by atoms with van der Waals surface area (Å²) in [7, 11) is 0. The molecule has 0 spiro atoms. The van der Waals surface area contributed by atoms with Crippen LogP contribution in [0.3, 0.4) is 0 Å². The average molecular weight is 340 g/mol. The molecule has 0 aromatic heterocycles. The third kappa shape index (κ3) is 2.15. The van der Waals surface area contributed by atoms with Crippen LogP contribution in [0.5, 0.6) is 5.75 Å². The molecule has 0 N–H and O–H groups in total. The van der Waals surface area contributed by atoms with E-state index in [1.54, 1.807) is 0 Å². The number of hydrogen-bond donors (Lipinski definition) is 0. The minimum absolute atomic E-state index is 0.0471. The number of aryl methyl sites for hydroxylation is 2. The second kappa shape index (κ2) is 5.57. The molecule has 0 amide bonds. The van der Waals surface area contributed by atoms with Crippen LogP contribution in [-0.4, -0.2) is 5.78 Å². The average Bonchev–Trinajstić information content (AvgIpc) is 3.03. The first-order valence-corrected chi connectivity index (χ1v) is 9.16. The molecule has 2 heteroatoms. The van der Waals surface area contributed by atoms with Gasteiger partial charge in [-0.25, -0.2) is 0 Å². The Kier molecular flexibility index (Phi) is 3.30. The molecule has 0 radical (unpaired) electrons. The highest BCUT2D eigenvalue weighted by molar-refractivity contribution is 6.03. The molecule has 128 valence electrons. The number of Topliss-reactive ketones (excluding diaryl/α,β-unsaturated/α-hetero) is 1. The van der Waals surface area contributed by atoms with Gasteiger partial charge in [0.2, 0.25) is 0 Å². The van der Waals surface area contributed by atoms with Gasteiger partial charge in [-0.15, -0.1) is 0 Å². The summed E-state index contributed by atoms with van der Waals surface area (Å²) in [6, 6.07) is 19.1. The number of ketones is 1. The quantitative estimate of drug-likeness (QED) is 0.576. The van der Waals surface area contributed by atoms with Crippen molar-refractivity contribution in [3.8, 4) is 5.75 Å². The van der Waals surface area contributed by atoms with Crippen LogP contribution >= 0.6 is 0 Å². The predicted octanol–water partition coefficient (Wildman–Crippen LogP) is 5.60. The predicted molar refractivity (Wildman–Crippen MR) is 104 cm³/mol. The lowest BCUT2D eigenvalue weighted by molar-refractivity contribution is -0.115. The van der Waals surface area contributed by atoms with Gasteiger partial charge in [0.05, 0.1) is 0 Å². The van der Waals surface area contributed by atoms with E-state index < -0.39 is 0 Å². The monoisotopic (exact) mass is 340 g/mol. The molecule has 0 fully saturated rings. The van der Waals surface area contributed by atoms with Gasteiger partial charge in [-0.1, -0.05) is 48.5 Å². The van der Waals surface area contributed by atoms with Crippen LogP contribution in [0.1, 0.15) is 41.0 Å². The fraction of sp³-hybridized carbons (Fsp3) is 0.208. The maximum absolute atomic E-state index is 12.8. The molecule has 2 aliphatic rings. The van der Waals surface area contributed by atoms with E-state index in [9.17, 15) is 4.79 Å². The minimum Gasteiger partial charge on any atom is -0.461 e. The third-order valence-corrected chi connectivity index (χ3v) is 5.79. The standard InChI is InChI=1S/C24H20O2/c1-14-7-8-17(13-15(14)2)22-23-18-6-4-3-5-16(18)9-11-20(23)26-21-12-10-19(25)24(21)22/h3-9,11,13,22H,10,12H2,1-2H3. The highest BCUT2D eigenvalue weighted by Crippen LogP contribution is 2.49. The first-order chi connectivity index (χ1) is 12.6. The smallest absolute Gasteiger partial charge is 0.163 e. The number of benzene rings is 3. The molecule has 1 atom stereocenters. The van der Waals surface area contributed by atoms with Crippen molar-refractivity contribution in [2.45, 2.75) is 32.6 Å². The Morgan fingerprint density at radius 3 is 2.62 bits per heavy atom. The molecule has 2 nitrogen and oxygen atoms in total. The third-order valence-electron chi connectivity index (χ3n) is 5.79. The molecular formula is C24H20O2. The molecule has 0 bridgehead atoms. The van der Waals surface area contributed by atoms with Crippen molar-refractivity contribution in [3.05, 3.63) is 88.2 Å². The van der Waals surface area contributed by atoms with Crippen LogP contribution in [0.2, 0.25) is 0 Å². The van der Waals surface area contributed by atoms with Gasteiger partial charge in [-0.05, 0) is 47.4 Å². The molecule has 1 unspecified atom stereocenters. The molecule has 1 aliphatic carbocycles. The molecule has 0 saturated heterocycles. The van der Waals surface area contributed by atoms with Gasteiger partial charge in [0.1, 0.15) is 11.5 Å². The van der Waals surface area contributed by atoms with E-state index in [1.807, 2.05) is 0 Å². The van der Waals surface area contributed by atoms with Crippen molar-refractivity contribution in [2.75, 3.05) is 0 Å². The minimum atomic E-state index is -0.0471. The van der Waals surface area contributed by atoms with Crippen LogP contribution < -0.4 is 4.74 Å².